The van der Waals surface area contributed by atoms with E-state index in [1.54, 1.807) is 0 Å². The number of rotatable bonds is 2. The summed E-state index contributed by atoms with van der Waals surface area (Å²) in [6.07, 6.45) is 8.92. The molecule has 0 saturated heterocycles. The highest BCUT2D eigenvalue weighted by Gasteiger charge is 1.99. The topological polar surface area (TPSA) is 12.0 Å². The average Bonchev–Trinajstić information content (AvgIpc) is 2.17. The zero-order valence-corrected chi connectivity index (χ0v) is 9.38. The van der Waals surface area contributed by atoms with Gasteiger partial charge in [0.25, 0.3) is 0 Å². The van der Waals surface area contributed by atoms with Gasteiger partial charge in [-0.2, -0.15) is 0 Å². The minimum atomic E-state index is 1.14. The van der Waals surface area contributed by atoms with E-state index in [1.165, 1.54) is 22.5 Å². The molecule has 1 aliphatic carbocycles. The van der Waals surface area contributed by atoms with E-state index >= 15 is 0 Å². The molecule has 1 N–H and O–H groups in total. The van der Waals surface area contributed by atoms with Crippen LogP contribution in [-0.4, -0.2) is 0 Å². The third-order valence-corrected chi connectivity index (χ3v) is 2.51. The molecule has 1 aliphatic rings. The molecule has 1 nitrogen and oxygen atoms in total. The minimum absolute atomic E-state index is 1.14. The second-order valence-corrected chi connectivity index (χ2v) is 4.14. The van der Waals surface area contributed by atoms with E-state index in [9.17, 15) is 0 Å². The van der Waals surface area contributed by atoms with Crippen LogP contribution < -0.4 is 5.32 Å². The minimum Gasteiger partial charge on any atom is -0.356 e. The van der Waals surface area contributed by atoms with Gasteiger partial charge in [0.2, 0.25) is 0 Å². The van der Waals surface area contributed by atoms with E-state index in [4.69, 9.17) is 0 Å². The van der Waals surface area contributed by atoms with Crippen molar-refractivity contribution in [3.63, 3.8) is 0 Å². The Morgan fingerprint density at radius 2 is 1.73 bits per heavy atom. The number of nitrogens with one attached hydrogen (secondary N) is 1. The van der Waals surface area contributed by atoms with Crippen LogP contribution in [0.2, 0.25) is 0 Å². The Morgan fingerprint density at radius 3 is 2.33 bits per heavy atom. The van der Waals surface area contributed by atoms with Gasteiger partial charge >= 0.3 is 0 Å². The molecular formula is C14H17N. The molecule has 1 heteroatoms. The molecule has 0 aromatic heterocycles. The van der Waals surface area contributed by atoms with Gasteiger partial charge in [-0.3, -0.25) is 0 Å². The average molecular weight is 199 g/mol. The van der Waals surface area contributed by atoms with Crippen molar-refractivity contribution in [3.8, 4) is 0 Å². The SMILES string of the molecule is Cc1cc(C)cc(NC2=CCCC=C2)c1. The second kappa shape index (κ2) is 4.35. The fourth-order valence-electron chi connectivity index (χ4n) is 1.92. The van der Waals surface area contributed by atoms with Gasteiger partial charge in [0.05, 0.1) is 0 Å². The Labute approximate surface area is 91.5 Å². The maximum atomic E-state index is 3.44. The van der Waals surface area contributed by atoms with Crippen LogP contribution in [0.3, 0.4) is 0 Å². The highest BCUT2D eigenvalue weighted by molar-refractivity contribution is 5.54. The van der Waals surface area contributed by atoms with Crippen LogP contribution in [0.4, 0.5) is 5.69 Å². The maximum Gasteiger partial charge on any atom is 0.0389 e. The van der Waals surface area contributed by atoms with Crippen LogP contribution in [-0.2, 0) is 0 Å². The molecule has 0 radical (unpaired) electrons. The first-order chi connectivity index (χ1) is 7.24. The normalized spacial score (nSPS) is 14.9. The molecule has 0 atom stereocenters. The van der Waals surface area contributed by atoms with Gasteiger partial charge in [0, 0.05) is 11.4 Å². The summed E-state index contributed by atoms with van der Waals surface area (Å²) < 4.78 is 0. The van der Waals surface area contributed by atoms with Gasteiger partial charge in [0.15, 0.2) is 0 Å². The predicted molar refractivity (Wildman–Crippen MR) is 66.0 cm³/mol. The van der Waals surface area contributed by atoms with Crippen LogP contribution in [0, 0.1) is 13.8 Å². The Hall–Kier alpha value is -1.50. The Morgan fingerprint density at radius 1 is 1.00 bits per heavy atom. The van der Waals surface area contributed by atoms with E-state index < -0.39 is 0 Å². The number of allylic oxidation sites excluding steroid dienone is 3. The third-order valence-electron chi connectivity index (χ3n) is 2.51. The summed E-state index contributed by atoms with van der Waals surface area (Å²) >= 11 is 0. The van der Waals surface area contributed by atoms with Crippen molar-refractivity contribution in [3.05, 3.63) is 53.3 Å². The molecule has 0 amide bonds. The van der Waals surface area contributed by atoms with Gasteiger partial charge in [-0.1, -0.05) is 18.2 Å². The lowest BCUT2D eigenvalue weighted by atomic mass is 10.1. The number of benzene rings is 1. The molecule has 0 bridgehead atoms. The van der Waals surface area contributed by atoms with Gasteiger partial charge < -0.3 is 5.32 Å². The van der Waals surface area contributed by atoms with Crippen LogP contribution in [0.1, 0.15) is 24.0 Å². The Bertz CT molecular complexity index is 393. The van der Waals surface area contributed by atoms with E-state index in [0.29, 0.717) is 0 Å². The van der Waals surface area contributed by atoms with Crippen molar-refractivity contribution in [2.24, 2.45) is 0 Å². The molecule has 15 heavy (non-hydrogen) atoms. The number of anilines is 1. The fraction of sp³-hybridized carbons (Fsp3) is 0.286. The lowest BCUT2D eigenvalue weighted by Gasteiger charge is -2.11. The highest BCUT2D eigenvalue weighted by Crippen LogP contribution is 2.18. The van der Waals surface area contributed by atoms with Gasteiger partial charge in [0.1, 0.15) is 0 Å². The van der Waals surface area contributed by atoms with Crippen molar-refractivity contribution in [1.29, 1.82) is 0 Å². The van der Waals surface area contributed by atoms with Crippen LogP contribution >= 0.6 is 0 Å². The van der Waals surface area contributed by atoms with E-state index in [0.717, 1.165) is 12.8 Å². The van der Waals surface area contributed by atoms with Crippen LogP contribution in [0.15, 0.2) is 42.1 Å². The molecular weight excluding hydrogens is 182 g/mol. The van der Waals surface area contributed by atoms with Crippen molar-refractivity contribution in [1.82, 2.24) is 0 Å². The van der Waals surface area contributed by atoms with Crippen LogP contribution in [0.25, 0.3) is 0 Å². The molecule has 78 valence electrons. The van der Waals surface area contributed by atoms with E-state index in [2.05, 4.69) is 55.6 Å². The number of hydrogen-bond donors (Lipinski definition) is 1. The fourth-order valence-corrected chi connectivity index (χ4v) is 1.92. The number of aryl methyl sites for hydroxylation is 2. The van der Waals surface area contributed by atoms with Gasteiger partial charge in [-0.05, 0) is 56.0 Å². The molecule has 0 aliphatic heterocycles. The first-order valence-electron chi connectivity index (χ1n) is 5.46. The summed E-state index contributed by atoms with van der Waals surface area (Å²) in [5.41, 5.74) is 5.01. The van der Waals surface area contributed by atoms with Crippen molar-refractivity contribution >= 4 is 5.69 Å². The number of hydrogen-bond acceptors (Lipinski definition) is 1. The summed E-state index contributed by atoms with van der Waals surface area (Å²) in [5.74, 6) is 0. The largest absolute Gasteiger partial charge is 0.356 e. The summed E-state index contributed by atoms with van der Waals surface area (Å²) in [6, 6.07) is 6.54. The molecule has 0 saturated carbocycles. The molecule has 0 heterocycles. The maximum absolute atomic E-state index is 3.44. The summed E-state index contributed by atoms with van der Waals surface area (Å²) in [7, 11) is 0. The molecule has 0 fully saturated rings. The second-order valence-electron chi connectivity index (χ2n) is 4.14. The zero-order chi connectivity index (χ0) is 10.7. The van der Waals surface area contributed by atoms with Crippen molar-refractivity contribution < 1.29 is 0 Å². The first-order valence-corrected chi connectivity index (χ1v) is 5.46. The Kier molecular flexibility index (Phi) is 2.91. The lowest BCUT2D eigenvalue weighted by Crippen LogP contribution is -1.99. The summed E-state index contributed by atoms with van der Waals surface area (Å²) in [5, 5.41) is 3.44. The Balaban J connectivity index is 2.16. The monoisotopic (exact) mass is 199 g/mol. The molecule has 1 aromatic carbocycles. The molecule has 0 spiro atoms. The standard InChI is InChI=1S/C14H17N/c1-11-8-12(2)10-14(9-11)15-13-6-4-3-5-7-13/h4,6-10,15H,3,5H2,1-2H3. The van der Waals surface area contributed by atoms with E-state index in [1.807, 2.05) is 0 Å². The summed E-state index contributed by atoms with van der Waals surface area (Å²) in [6.45, 7) is 4.26. The predicted octanol–water partition coefficient (Wildman–Crippen LogP) is 3.95. The molecule has 2 rings (SSSR count). The van der Waals surface area contributed by atoms with Crippen molar-refractivity contribution in [2.75, 3.05) is 5.32 Å². The summed E-state index contributed by atoms with van der Waals surface area (Å²) in [4.78, 5) is 0. The molecule has 0 unspecified atom stereocenters. The smallest absolute Gasteiger partial charge is 0.0389 e. The van der Waals surface area contributed by atoms with Crippen LogP contribution in [0.5, 0.6) is 0 Å². The van der Waals surface area contributed by atoms with E-state index in [-0.39, 0.29) is 0 Å². The zero-order valence-electron chi connectivity index (χ0n) is 9.38. The lowest BCUT2D eigenvalue weighted by molar-refractivity contribution is 1.02. The third kappa shape index (κ3) is 2.72. The van der Waals surface area contributed by atoms with Gasteiger partial charge in [-0.15, -0.1) is 0 Å². The highest BCUT2D eigenvalue weighted by atomic mass is 14.9. The van der Waals surface area contributed by atoms with Crippen molar-refractivity contribution in [2.45, 2.75) is 26.7 Å². The quantitative estimate of drug-likeness (QED) is 0.760. The van der Waals surface area contributed by atoms with Gasteiger partial charge in [-0.25, -0.2) is 0 Å². The molecule has 1 aromatic rings. The first kappa shape index (κ1) is 10.0.